The summed E-state index contributed by atoms with van der Waals surface area (Å²) in [5.41, 5.74) is 5.22. The van der Waals surface area contributed by atoms with Gasteiger partial charge in [-0.2, -0.15) is 0 Å². The molecule has 2 heterocycles. The van der Waals surface area contributed by atoms with Crippen LogP contribution in [0.15, 0.2) is 60.7 Å². The SMILES string of the molecule is COc1cc(OC)c2cc(C(=O)Nc3ccccc3N3CCc4ccccc43)[nH]c2c1OC. The zero-order chi connectivity index (χ0) is 22.9. The summed E-state index contributed by atoms with van der Waals surface area (Å²) in [6.45, 7) is 0.868. The molecule has 7 nitrogen and oxygen atoms in total. The van der Waals surface area contributed by atoms with E-state index in [0.717, 1.165) is 29.7 Å². The molecule has 7 heteroatoms. The normalized spacial score (nSPS) is 12.5. The van der Waals surface area contributed by atoms with Crippen LogP contribution < -0.4 is 24.4 Å². The van der Waals surface area contributed by atoms with Gasteiger partial charge >= 0.3 is 0 Å². The van der Waals surface area contributed by atoms with Gasteiger partial charge in [-0.1, -0.05) is 30.3 Å². The third-order valence-corrected chi connectivity index (χ3v) is 6.01. The highest BCUT2D eigenvalue weighted by atomic mass is 16.5. The lowest BCUT2D eigenvalue weighted by Crippen LogP contribution is -2.18. The second-order valence-corrected chi connectivity index (χ2v) is 7.79. The van der Waals surface area contributed by atoms with E-state index < -0.39 is 0 Å². The first kappa shape index (κ1) is 20.8. The number of methoxy groups -OCH3 is 3. The first-order valence-electron chi connectivity index (χ1n) is 10.7. The predicted molar refractivity (Wildman–Crippen MR) is 130 cm³/mol. The smallest absolute Gasteiger partial charge is 0.272 e. The van der Waals surface area contributed by atoms with Crippen molar-refractivity contribution in [1.82, 2.24) is 4.98 Å². The van der Waals surface area contributed by atoms with E-state index in [1.165, 1.54) is 11.3 Å². The number of ether oxygens (including phenoxy) is 3. The second-order valence-electron chi connectivity index (χ2n) is 7.79. The van der Waals surface area contributed by atoms with E-state index >= 15 is 0 Å². The quantitative estimate of drug-likeness (QED) is 0.432. The minimum absolute atomic E-state index is 0.255. The van der Waals surface area contributed by atoms with Crippen LogP contribution >= 0.6 is 0 Å². The van der Waals surface area contributed by atoms with Gasteiger partial charge in [-0.25, -0.2) is 0 Å². The number of nitrogens with zero attached hydrogens (tertiary/aromatic N) is 1. The van der Waals surface area contributed by atoms with E-state index in [-0.39, 0.29) is 5.91 Å². The van der Waals surface area contributed by atoms with Crippen molar-refractivity contribution >= 4 is 33.9 Å². The van der Waals surface area contributed by atoms with Crippen LogP contribution in [0.2, 0.25) is 0 Å². The number of benzene rings is 3. The lowest BCUT2D eigenvalue weighted by atomic mass is 10.1. The molecule has 0 bridgehead atoms. The molecule has 168 valence electrons. The average Bonchev–Trinajstić information content (AvgIpc) is 3.48. The van der Waals surface area contributed by atoms with Gasteiger partial charge in [-0.15, -0.1) is 0 Å². The number of H-pyrrole nitrogens is 1. The summed E-state index contributed by atoms with van der Waals surface area (Å²) in [4.78, 5) is 18.7. The van der Waals surface area contributed by atoms with Crippen LogP contribution in [0.5, 0.6) is 17.2 Å². The molecule has 3 aromatic carbocycles. The van der Waals surface area contributed by atoms with Crippen LogP contribution in [0.4, 0.5) is 17.1 Å². The largest absolute Gasteiger partial charge is 0.496 e. The van der Waals surface area contributed by atoms with E-state index in [4.69, 9.17) is 14.2 Å². The van der Waals surface area contributed by atoms with Gasteiger partial charge in [-0.3, -0.25) is 4.79 Å². The molecular weight excluding hydrogens is 418 g/mol. The van der Waals surface area contributed by atoms with Gasteiger partial charge in [0.05, 0.1) is 38.2 Å². The summed E-state index contributed by atoms with van der Waals surface area (Å²) in [6, 6.07) is 19.7. The molecule has 0 spiro atoms. The summed E-state index contributed by atoms with van der Waals surface area (Å²) < 4.78 is 16.5. The molecule has 0 saturated carbocycles. The Bertz CT molecular complexity index is 1340. The number of carbonyl (C=O) groups excluding carboxylic acids is 1. The summed E-state index contributed by atoms with van der Waals surface area (Å²) in [5.74, 6) is 1.37. The Labute approximate surface area is 191 Å². The monoisotopic (exact) mass is 443 g/mol. The first-order chi connectivity index (χ1) is 16.1. The number of nitrogens with one attached hydrogen (secondary N) is 2. The standard InChI is InChI=1S/C26H25N3O4/c1-31-22-15-23(32-2)25(33-3)24-17(22)14-19(27-24)26(30)28-18-9-5-7-11-21(18)29-13-12-16-8-4-6-10-20(16)29/h4-11,14-15,27H,12-13H2,1-3H3,(H,28,30). The molecule has 0 radical (unpaired) electrons. The molecule has 1 aliphatic heterocycles. The van der Waals surface area contributed by atoms with Crippen molar-refractivity contribution in [2.24, 2.45) is 0 Å². The van der Waals surface area contributed by atoms with Crippen LogP contribution in [-0.2, 0) is 6.42 Å². The van der Waals surface area contributed by atoms with Crippen LogP contribution in [0.3, 0.4) is 0 Å². The zero-order valence-corrected chi connectivity index (χ0v) is 18.8. The summed E-state index contributed by atoms with van der Waals surface area (Å²) in [7, 11) is 4.71. The molecule has 0 fully saturated rings. The molecule has 33 heavy (non-hydrogen) atoms. The Morgan fingerprint density at radius 3 is 2.39 bits per heavy atom. The Hall–Kier alpha value is -4.13. The highest BCUT2D eigenvalue weighted by molar-refractivity contribution is 6.09. The number of rotatable bonds is 6. The molecule has 5 rings (SSSR count). The molecule has 1 amide bonds. The Morgan fingerprint density at radius 1 is 0.909 bits per heavy atom. The predicted octanol–water partition coefficient (Wildman–Crippen LogP) is 5.14. The van der Waals surface area contributed by atoms with Gasteiger partial charge in [0.25, 0.3) is 5.91 Å². The van der Waals surface area contributed by atoms with E-state index in [0.29, 0.717) is 28.5 Å². The number of hydrogen-bond acceptors (Lipinski definition) is 5. The fraction of sp³-hybridized carbons (Fsp3) is 0.192. The molecule has 0 unspecified atom stereocenters. The molecule has 0 aliphatic carbocycles. The zero-order valence-electron chi connectivity index (χ0n) is 18.8. The van der Waals surface area contributed by atoms with Crippen molar-refractivity contribution in [3.63, 3.8) is 0 Å². The number of para-hydroxylation sites is 3. The molecule has 4 aromatic rings. The van der Waals surface area contributed by atoms with Crippen molar-refractivity contribution < 1.29 is 19.0 Å². The van der Waals surface area contributed by atoms with Crippen molar-refractivity contribution in [3.8, 4) is 17.2 Å². The summed E-state index contributed by atoms with van der Waals surface area (Å²) >= 11 is 0. The number of amides is 1. The topological polar surface area (TPSA) is 75.8 Å². The number of anilines is 3. The number of aromatic amines is 1. The number of aromatic nitrogens is 1. The van der Waals surface area contributed by atoms with E-state index in [1.54, 1.807) is 33.5 Å². The molecular formula is C26H25N3O4. The Kier molecular flexibility index (Phi) is 5.30. The Balaban J connectivity index is 1.50. The fourth-order valence-corrected chi connectivity index (χ4v) is 4.45. The van der Waals surface area contributed by atoms with Crippen LogP contribution in [0.25, 0.3) is 10.9 Å². The van der Waals surface area contributed by atoms with Crippen molar-refractivity contribution in [1.29, 1.82) is 0 Å². The first-order valence-corrected chi connectivity index (χ1v) is 10.7. The number of hydrogen-bond donors (Lipinski definition) is 2. The maximum atomic E-state index is 13.3. The fourth-order valence-electron chi connectivity index (χ4n) is 4.45. The van der Waals surface area contributed by atoms with Gasteiger partial charge in [0, 0.05) is 23.7 Å². The van der Waals surface area contributed by atoms with Crippen LogP contribution in [0.1, 0.15) is 16.1 Å². The highest BCUT2D eigenvalue weighted by Gasteiger charge is 2.24. The molecule has 0 atom stereocenters. The summed E-state index contributed by atoms with van der Waals surface area (Å²) in [5, 5.41) is 3.81. The minimum Gasteiger partial charge on any atom is -0.496 e. The number of carbonyl (C=O) groups is 1. The maximum absolute atomic E-state index is 13.3. The highest BCUT2D eigenvalue weighted by Crippen LogP contribution is 2.42. The van der Waals surface area contributed by atoms with Crippen molar-refractivity contribution in [2.45, 2.75) is 6.42 Å². The third kappa shape index (κ3) is 3.51. The molecule has 2 N–H and O–H groups in total. The van der Waals surface area contributed by atoms with Crippen LogP contribution in [0, 0.1) is 0 Å². The molecule has 1 aliphatic rings. The lowest BCUT2D eigenvalue weighted by molar-refractivity contribution is 0.102. The number of fused-ring (bicyclic) bond motifs is 2. The van der Waals surface area contributed by atoms with E-state index in [2.05, 4.69) is 33.4 Å². The third-order valence-electron chi connectivity index (χ3n) is 6.01. The van der Waals surface area contributed by atoms with Crippen LogP contribution in [-0.4, -0.2) is 38.8 Å². The second kappa shape index (κ2) is 8.43. The van der Waals surface area contributed by atoms with Crippen molar-refractivity contribution in [2.75, 3.05) is 38.1 Å². The summed E-state index contributed by atoms with van der Waals surface area (Å²) in [6.07, 6.45) is 0.974. The van der Waals surface area contributed by atoms with Gasteiger partial charge in [0.1, 0.15) is 11.4 Å². The van der Waals surface area contributed by atoms with Gasteiger partial charge < -0.3 is 29.4 Å². The molecule has 0 saturated heterocycles. The van der Waals surface area contributed by atoms with Crippen molar-refractivity contribution in [3.05, 3.63) is 71.9 Å². The minimum atomic E-state index is -0.255. The van der Waals surface area contributed by atoms with Gasteiger partial charge in [0.2, 0.25) is 0 Å². The lowest BCUT2D eigenvalue weighted by Gasteiger charge is -2.23. The maximum Gasteiger partial charge on any atom is 0.272 e. The van der Waals surface area contributed by atoms with Gasteiger partial charge in [0.15, 0.2) is 11.5 Å². The molecule has 1 aromatic heterocycles. The average molecular weight is 444 g/mol. The Morgan fingerprint density at radius 2 is 1.64 bits per heavy atom. The van der Waals surface area contributed by atoms with Gasteiger partial charge in [-0.05, 0) is 36.2 Å². The van der Waals surface area contributed by atoms with E-state index in [1.807, 2.05) is 30.3 Å². The van der Waals surface area contributed by atoms with E-state index in [9.17, 15) is 4.79 Å².